The number of amides is 1. The minimum atomic E-state index is -0.469. The summed E-state index contributed by atoms with van der Waals surface area (Å²) in [5.74, 6) is 0.525. The predicted molar refractivity (Wildman–Crippen MR) is 95.1 cm³/mol. The molecule has 1 unspecified atom stereocenters. The van der Waals surface area contributed by atoms with Crippen LogP contribution in [0, 0.1) is 5.82 Å². The summed E-state index contributed by atoms with van der Waals surface area (Å²) in [4.78, 5) is 12.6. The minimum absolute atomic E-state index is 0.148. The Balaban J connectivity index is 1.55. The molecule has 2 N–H and O–H groups in total. The second kappa shape index (κ2) is 6.50. The van der Waals surface area contributed by atoms with Gasteiger partial charge in [-0.2, -0.15) is 0 Å². The molecule has 128 valence electrons. The van der Waals surface area contributed by atoms with Crippen molar-refractivity contribution in [1.82, 2.24) is 5.32 Å². The fraction of sp³-hybridized carbons (Fsp3) is 0.118. The van der Waals surface area contributed by atoms with Crippen LogP contribution < -0.4 is 20.1 Å². The SMILES string of the molecule is O=C1NC(Nc2ccccc2F)S/C1=C\c1cc2c(cc1Cl)OCO2. The number of carbonyl (C=O) groups excluding carboxylic acids is 1. The lowest BCUT2D eigenvalue weighted by atomic mass is 10.2. The fourth-order valence-electron chi connectivity index (χ4n) is 2.47. The summed E-state index contributed by atoms with van der Waals surface area (Å²) in [6.45, 7) is 0.148. The van der Waals surface area contributed by atoms with Crippen molar-refractivity contribution in [1.29, 1.82) is 0 Å². The number of para-hydroxylation sites is 1. The molecule has 1 fully saturated rings. The molecular weight excluding hydrogens is 367 g/mol. The van der Waals surface area contributed by atoms with Crippen LogP contribution in [0.15, 0.2) is 41.3 Å². The van der Waals surface area contributed by atoms with Crippen LogP contribution in [-0.2, 0) is 4.79 Å². The number of nitrogens with one attached hydrogen (secondary N) is 2. The first-order chi connectivity index (χ1) is 12.1. The van der Waals surface area contributed by atoms with Gasteiger partial charge in [-0.05, 0) is 29.8 Å². The quantitative estimate of drug-likeness (QED) is 0.795. The maximum Gasteiger partial charge on any atom is 0.260 e. The zero-order chi connectivity index (χ0) is 17.4. The van der Waals surface area contributed by atoms with Gasteiger partial charge in [0, 0.05) is 6.07 Å². The van der Waals surface area contributed by atoms with Gasteiger partial charge in [-0.1, -0.05) is 35.5 Å². The highest BCUT2D eigenvalue weighted by Crippen LogP contribution is 2.39. The van der Waals surface area contributed by atoms with Gasteiger partial charge < -0.3 is 20.1 Å². The Morgan fingerprint density at radius 3 is 2.84 bits per heavy atom. The first-order valence-corrected chi connectivity index (χ1v) is 8.65. The smallest absolute Gasteiger partial charge is 0.260 e. The molecule has 4 rings (SSSR count). The highest BCUT2D eigenvalue weighted by Gasteiger charge is 2.28. The van der Waals surface area contributed by atoms with E-state index in [2.05, 4.69) is 10.6 Å². The van der Waals surface area contributed by atoms with Gasteiger partial charge in [0.05, 0.1) is 15.6 Å². The fourth-order valence-corrected chi connectivity index (χ4v) is 3.64. The first-order valence-electron chi connectivity index (χ1n) is 7.39. The molecule has 0 radical (unpaired) electrons. The van der Waals surface area contributed by atoms with Crippen LogP contribution in [0.2, 0.25) is 5.02 Å². The summed E-state index contributed by atoms with van der Waals surface area (Å²) in [6.07, 6.45) is 1.67. The number of anilines is 1. The van der Waals surface area contributed by atoms with Crippen LogP contribution in [0.25, 0.3) is 6.08 Å². The molecule has 0 aliphatic carbocycles. The summed E-state index contributed by atoms with van der Waals surface area (Å²) in [5.41, 5.74) is 0.501. The number of hydrogen-bond donors (Lipinski definition) is 2. The highest BCUT2D eigenvalue weighted by molar-refractivity contribution is 8.05. The Morgan fingerprint density at radius 1 is 1.28 bits per heavy atom. The Hall–Kier alpha value is -2.38. The number of benzene rings is 2. The normalized spacial score (nSPS) is 20.0. The van der Waals surface area contributed by atoms with Crippen molar-refractivity contribution in [3.8, 4) is 11.5 Å². The third kappa shape index (κ3) is 3.25. The molecule has 2 aliphatic heterocycles. The Kier molecular flexibility index (Phi) is 4.19. The van der Waals surface area contributed by atoms with Crippen molar-refractivity contribution < 1.29 is 18.7 Å². The number of rotatable bonds is 3. The molecule has 0 bridgehead atoms. The van der Waals surface area contributed by atoms with Crippen LogP contribution in [0.1, 0.15) is 5.56 Å². The molecule has 5 nitrogen and oxygen atoms in total. The molecular formula is C17H12ClFN2O3S. The second-order valence-corrected chi connectivity index (χ2v) is 6.89. The number of ether oxygens (including phenoxy) is 2. The number of hydrogen-bond acceptors (Lipinski definition) is 5. The van der Waals surface area contributed by atoms with Crippen LogP contribution in [0.4, 0.5) is 10.1 Å². The molecule has 2 aliphatic rings. The maximum atomic E-state index is 13.7. The monoisotopic (exact) mass is 378 g/mol. The zero-order valence-corrected chi connectivity index (χ0v) is 14.3. The third-order valence-electron chi connectivity index (χ3n) is 3.67. The van der Waals surface area contributed by atoms with Gasteiger partial charge in [0.1, 0.15) is 5.82 Å². The molecule has 2 aromatic carbocycles. The van der Waals surface area contributed by atoms with Crippen LogP contribution in [0.3, 0.4) is 0 Å². The topological polar surface area (TPSA) is 59.6 Å². The van der Waals surface area contributed by atoms with Crippen molar-refractivity contribution in [3.05, 3.63) is 57.7 Å². The molecule has 1 amide bonds. The van der Waals surface area contributed by atoms with E-state index in [-0.39, 0.29) is 18.5 Å². The summed E-state index contributed by atoms with van der Waals surface area (Å²) in [7, 11) is 0. The lowest BCUT2D eigenvalue weighted by Gasteiger charge is -2.13. The molecule has 0 spiro atoms. The molecule has 25 heavy (non-hydrogen) atoms. The average molecular weight is 379 g/mol. The largest absolute Gasteiger partial charge is 0.454 e. The Bertz CT molecular complexity index is 890. The van der Waals surface area contributed by atoms with Crippen molar-refractivity contribution >= 4 is 41.0 Å². The van der Waals surface area contributed by atoms with Crippen molar-refractivity contribution in [3.63, 3.8) is 0 Å². The van der Waals surface area contributed by atoms with Crippen molar-refractivity contribution in [2.75, 3.05) is 12.1 Å². The molecule has 2 heterocycles. The zero-order valence-electron chi connectivity index (χ0n) is 12.7. The molecule has 1 saturated heterocycles. The minimum Gasteiger partial charge on any atom is -0.454 e. The van der Waals surface area contributed by atoms with Gasteiger partial charge in [-0.15, -0.1) is 0 Å². The molecule has 1 atom stereocenters. The maximum absolute atomic E-state index is 13.7. The second-order valence-electron chi connectivity index (χ2n) is 5.33. The first kappa shape index (κ1) is 16.1. The Labute approximate surface area is 152 Å². The summed E-state index contributed by atoms with van der Waals surface area (Å²) < 4.78 is 24.3. The van der Waals surface area contributed by atoms with Crippen LogP contribution >= 0.6 is 23.4 Å². The van der Waals surface area contributed by atoms with Gasteiger partial charge in [0.2, 0.25) is 6.79 Å². The van der Waals surface area contributed by atoms with E-state index in [0.717, 1.165) is 0 Å². The van der Waals surface area contributed by atoms with E-state index in [9.17, 15) is 9.18 Å². The predicted octanol–water partition coefficient (Wildman–Crippen LogP) is 3.81. The number of fused-ring (bicyclic) bond motifs is 1. The summed E-state index contributed by atoms with van der Waals surface area (Å²) in [5, 5.41) is 6.15. The van der Waals surface area contributed by atoms with Gasteiger partial charge >= 0.3 is 0 Å². The molecule has 0 saturated carbocycles. The van der Waals surface area contributed by atoms with E-state index in [1.807, 2.05) is 0 Å². The van der Waals surface area contributed by atoms with Crippen LogP contribution in [0.5, 0.6) is 11.5 Å². The number of carbonyl (C=O) groups is 1. The van der Waals surface area contributed by atoms with Crippen molar-refractivity contribution in [2.45, 2.75) is 5.50 Å². The van der Waals surface area contributed by atoms with Gasteiger partial charge in [-0.25, -0.2) is 4.39 Å². The molecule has 2 aromatic rings. The summed E-state index contributed by atoms with van der Waals surface area (Å²) >= 11 is 7.49. The van der Waals surface area contributed by atoms with Gasteiger partial charge in [-0.3, -0.25) is 4.79 Å². The van der Waals surface area contributed by atoms with Crippen molar-refractivity contribution in [2.24, 2.45) is 0 Å². The van der Waals surface area contributed by atoms with E-state index in [1.54, 1.807) is 36.4 Å². The molecule has 8 heteroatoms. The highest BCUT2D eigenvalue weighted by atomic mass is 35.5. The van der Waals surface area contributed by atoms with Crippen LogP contribution in [-0.4, -0.2) is 18.2 Å². The Morgan fingerprint density at radius 2 is 2.04 bits per heavy atom. The average Bonchev–Trinajstić information content (AvgIpc) is 3.16. The van der Waals surface area contributed by atoms with E-state index in [4.69, 9.17) is 21.1 Å². The van der Waals surface area contributed by atoms with Gasteiger partial charge in [0.15, 0.2) is 17.0 Å². The van der Waals surface area contributed by atoms with E-state index >= 15 is 0 Å². The standard InChI is InChI=1S/C17H12ClFN2O3S/c18-10-7-14-13(23-8-24-14)5-9(10)6-15-16(22)21-17(25-15)20-12-4-2-1-3-11(12)19/h1-7,17,20H,8H2,(H,21,22)/b15-6-. The van der Waals surface area contributed by atoms with E-state index in [1.165, 1.54) is 17.8 Å². The number of halogens is 2. The number of thioether (sulfide) groups is 1. The van der Waals surface area contributed by atoms with Gasteiger partial charge in [0.25, 0.3) is 5.91 Å². The van der Waals surface area contributed by atoms with E-state index < -0.39 is 5.50 Å². The summed E-state index contributed by atoms with van der Waals surface area (Å²) in [6, 6.07) is 9.67. The lowest BCUT2D eigenvalue weighted by Crippen LogP contribution is -2.31. The molecule has 0 aromatic heterocycles. The van der Waals surface area contributed by atoms with E-state index in [0.29, 0.717) is 32.7 Å². The lowest BCUT2D eigenvalue weighted by molar-refractivity contribution is -0.116. The third-order valence-corrected chi connectivity index (χ3v) is 5.03.